The lowest BCUT2D eigenvalue weighted by Gasteiger charge is -2.20. The van der Waals surface area contributed by atoms with Crippen LogP contribution in [0.15, 0.2) is 78.9 Å². The van der Waals surface area contributed by atoms with Gasteiger partial charge in [-0.05, 0) is 42.8 Å². The normalized spacial score (nSPS) is 11.3. The molecule has 160 valence electrons. The first-order chi connectivity index (χ1) is 14.9. The Bertz CT molecular complexity index is 1020. The van der Waals surface area contributed by atoms with Crippen LogP contribution in [0.3, 0.4) is 0 Å². The van der Waals surface area contributed by atoms with E-state index in [0.29, 0.717) is 17.0 Å². The molecule has 0 fully saturated rings. The summed E-state index contributed by atoms with van der Waals surface area (Å²) in [6.45, 7) is 1.82. The highest BCUT2D eigenvalue weighted by atomic mass is 16.5. The minimum absolute atomic E-state index is 0.119. The van der Waals surface area contributed by atoms with E-state index < -0.39 is 0 Å². The molecular formula is C25H27N3O3. The van der Waals surface area contributed by atoms with Gasteiger partial charge in [-0.1, -0.05) is 48.5 Å². The van der Waals surface area contributed by atoms with Crippen molar-refractivity contribution in [2.75, 3.05) is 30.9 Å². The highest BCUT2D eigenvalue weighted by Gasteiger charge is 2.17. The van der Waals surface area contributed by atoms with Gasteiger partial charge in [0, 0.05) is 25.5 Å². The third kappa shape index (κ3) is 6.09. The van der Waals surface area contributed by atoms with E-state index in [1.54, 1.807) is 24.3 Å². The summed E-state index contributed by atoms with van der Waals surface area (Å²) < 4.78 is 5.48. The van der Waals surface area contributed by atoms with Crippen LogP contribution in [0.1, 0.15) is 28.9 Å². The van der Waals surface area contributed by atoms with Gasteiger partial charge in [0.2, 0.25) is 0 Å². The maximum Gasteiger partial charge on any atom is 0.262 e. The van der Waals surface area contributed by atoms with Crippen LogP contribution >= 0.6 is 0 Å². The molecule has 0 aliphatic rings. The molecule has 1 unspecified atom stereocenters. The molecule has 3 aromatic carbocycles. The number of amides is 2. The van der Waals surface area contributed by atoms with Crippen molar-refractivity contribution in [1.82, 2.24) is 5.32 Å². The third-order valence-electron chi connectivity index (χ3n) is 4.77. The SMILES string of the molecule is CC(NC(=O)c1cc(NC(=O)COc2ccccc2)ccc1N(C)C)c1ccccc1. The molecule has 6 nitrogen and oxygen atoms in total. The molecule has 2 amide bonds. The molecule has 31 heavy (non-hydrogen) atoms. The monoisotopic (exact) mass is 417 g/mol. The van der Waals surface area contributed by atoms with Crippen molar-refractivity contribution >= 4 is 23.2 Å². The van der Waals surface area contributed by atoms with Gasteiger partial charge in [0.1, 0.15) is 5.75 Å². The Morgan fingerprint density at radius 2 is 1.58 bits per heavy atom. The number of nitrogens with zero attached hydrogens (tertiary/aromatic N) is 1. The van der Waals surface area contributed by atoms with Crippen molar-refractivity contribution in [2.45, 2.75) is 13.0 Å². The minimum atomic E-state index is -0.300. The Labute approximate surface area is 182 Å². The number of anilines is 2. The van der Waals surface area contributed by atoms with Crippen LogP contribution in [0, 0.1) is 0 Å². The van der Waals surface area contributed by atoms with Gasteiger partial charge in [-0.15, -0.1) is 0 Å². The lowest BCUT2D eigenvalue weighted by atomic mass is 10.1. The van der Waals surface area contributed by atoms with E-state index in [1.165, 1.54) is 0 Å². The fourth-order valence-corrected chi connectivity index (χ4v) is 3.15. The zero-order valence-corrected chi connectivity index (χ0v) is 18.0. The summed E-state index contributed by atoms with van der Waals surface area (Å²) in [5.41, 5.74) is 2.79. The zero-order valence-electron chi connectivity index (χ0n) is 18.0. The third-order valence-corrected chi connectivity index (χ3v) is 4.77. The van der Waals surface area contributed by atoms with Gasteiger partial charge in [0.05, 0.1) is 11.6 Å². The van der Waals surface area contributed by atoms with E-state index in [9.17, 15) is 9.59 Å². The number of rotatable bonds is 8. The Morgan fingerprint density at radius 3 is 2.23 bits per heavy atom. The standard InChI is InChI=1S/C25H27N3O3/c1-18(19-10-6-4-7-11-19)26-25(30)22-16-20(14-15-23(22)28(2)3)27-24(29)17-31-21-12-8-5-9-13-21/h4-16,18H,17H2,1-3H3,(H,26,30)(H,27,29). The number of hydrogen-bond donors (Lipinski definition) is 2. The van der Waals surface area contributed by atoms with Gasteiger partial charge in [0.15, 0.2) is 6.61 Å². The van der Waals surface area contributed by atoms with Crippen LogP contribution in [0.4, 0.5) is 11.4 Å². The molecule has 6 heteroatoms. The molecule has 2 N–H and O–H groups in total. The van der Waals surface area contributed by atoms with Gasteiger partial charge in [-0.3, -0.25) is 9.59 Å². The quantitative estimate of drug-likeness (QED) is 0.575. The van der Waals surface area contributed by atoms with Crippen molar-refractivity contribution in [2.24, 2.45) is 0 Å². The van der Waals surface area contributed by atoms with Gasteiger partial charge in [0.25, 0.3) is 11.8 Å². The molecule has 0 radical (unpaired) electrons. The van der Waals surface area contributed by atoms with Gasteiger partial charge in [-0.25, -0.2) is 0 Å². The number of benzene rings is 3. The second kappa shape index (κ2) is 10.3. The number of ether oxygens (including phenoxy) is 1. The number of hydrogen-bond acceptors (Lipinski definition) is 4. The first kappa shape index (κ1) is 21.9. The fraction of sp³-hybridized carbons (Fsp3) is 0.200. The summed E-state index contributed by atoms with van der Waals surface area (Å²) in [7, 11) is 3.75. The predicted octanol–water partition coefficient (Wildman–Crippen LogP) is 4.26. The number of nitrogens with one attached hydrogen (secondary N) is 2. The number of carbonyl (C=O) groups is 2. The summed E-state index contributed by atoms with van der Waals surface area (Å²) in [6.07, 6.45) is 0. The van der Waals surface area contributed by atoms with Gasteiger partial charge < -0.3 is 20.3 Å². The van der Waals surface area contributed by atoms with Crippen molar-refractivity contribution in [3.05, 3.63) is 90.0 Å². The average molecular weight is 418 g/mol. The first-order valence-electron chi connectivity index (χ1n) is 10.1. The summed E-state index contributed by atoms with van der Waals surface area (Å²) in [6, 6.07) is 24.0. The molecule has 0 aromatic heterocycles. The topological polar surface area (TPSA) is 70.7 Å². The summed E-state index contributed by atoms with van der Waals surface area (Å²) >= 11 is 0. The lowest BCUT2D eigenvalue weighted by Crippen LogP contribution is -2.28. The molecule has 0 bridgehead atoms. The van der Waals surface area contributed by atoms with E-state index >= 15 is 0 Å². The summed E-state index contributed by atoms with van der Waals surface area (Å²) in [4.78, 5) is 27.2. The molecule has 3 aromatic rings. The molecule has 3 rings (SSSR count). The maximum atomic E-state index is 13.0. The Hall–Kier alpha value is -3.80. The molecule has 0 saturated heterocycles. The lowest BCUT2D eigenvalue weighted by molar-refractivity contribution is -0.118. The van der Waals surface area contributed by atoms with Crippen LogP contribution in [0.5, 0.6) is 5.75 Å². The molecule has 0 aliphatic heterocycles. The Balaban J connectivity index is 1.71. The van der Waals surface area contributed by atoms with E-state index in [2.05, 4.69) is 10.6 Å². The Kier molecular flexibility index (Phi) is 7.27. The minimum Gasteiger partial charge on any atom is -0.484 e. The summed E-state index contributed by atoms with van der Waals surface area (Å²) in [5.74, 6) is 0.109. The van der Waals surface area contributed by atoms with E-state index in [1.807, 2.05) is 80.5 Å². The molecule has 0 spiro atoms. The van der Waals surface area contributed by atoms with Crippen molar-refractivity contribution < 1.29 is 14.3 Å². The van der Waals surface area contributed by atoms with Crippen LogP contribution in [-0.2, 0) is 4.79 Å². The predicted molar refractivity (Wildman–Crippen MR) is 124 cm³/mol. The second-order valence-electron chi connectivity index (χ2n) is 7.38. The molecule has 1 atom stereocenters. The van der Waals surface area contributed by atoms with Crippen molar-refractivity contribution in [3.63, 3.8) is 0 Å². The first-order valence-corrected chi connectivity index (χ1v) is 10.1. The van der Waals surface area contributed by atoms with Crippen LogP contribution in [-0.4, -0.2) is 32.5 Å². The van der Waals surface area contributed by atoms with E-state index in [-0.39, 0.29) is 24.5 Å². The maximum absolute atomic E-state index is 13.0. The van der Waals surface area contributed by atoms with Crippen LogP contribution in [0.25, 0.3) is 0 Å². The largest absolute Gasteiger partial charge is 0.484 e. The Morgan fingerprint density at radius 1 is 0.935 bits per heavy atom. The molecular weight excluding hydrogens is 390 g/mol. The fourth-order valence-electron chi connectivity index (χ4n) is 3.15. The van der Waals surface area contributed by atoms with Gasteiger partial charge in [-0.2, -0.15) is 0 Å². The highest BCUT2D eigenvalue weighted by molar-refractivity contribution is 6.02. The van der Waals surface area contributed by atoms with Crippen LogP contribution in [0.2, 0.25) is 0 Å². The zero-order chi connectivity index (χ0) is 22.2. The van der Waals surface area contributed by atoms with Crippen molar-refractivity contribution in [3.8, 4) is 5.75 Å². The van der Waals surface area contributed by atoms with E-state index in [4.69, 9.17) is 4.74 Å². The van der Waals surface area contributed by atoms with Gasteiger partial charge >= 0.3 is 0 Å². The highest BCUT2D eigenvalue weighted by Crippen LogP contribution is 2.24. The molecule has 0 heterocycles. The van der Waals surface area contributed by atoms with Crippen molar-refractivity contribution in [1.29, 1.82) is 0 Å². The second-order valence-corrected chi connectivity index (χ2v) is 7.38. The number of para-hydroxylation sites is 1. The average Bonchev–Trinajstić information content (AvgIpc) is 2.78. The van der Waals surface area contributed by atoms with Crippen LogP contribution < -0.4 is 20.3 Å². The summed E-state index contributed by atoms with van der Waals surface area (Å²) in [5, 5.41) is 5.83. The molecule has 0 saturated carbocycles. The smallest absolute Gasteiger partial charge is 0.262 e. The van der Waals surface area contributed by atoms with E-state index in [0.717, 1.165) is 11.3 Å². The number of carbonyl (C=O) groups excluding carboxylic acids is 2. The molecule has 0 aliphatic carbocycles.